The number of carbonyl (C=O) groups excluding carboxylic acids is 1. The van der Waals surface area contributed by atoms with Crippen LogP contribution in [-0.4, -0.2) is 15.7 Å². The van der Waals surface area contributed by atoms with Gasteiger partial charge >= 0.3 is 0 Å². The molecule has 5 heteroatoms. The van der Waals surface area contributed by atoms with Crippen molar-refractivity contribution in [2.75, 3.05) is 5.32 Å². The SMILES string of the molecule is Cc1nn(Cc2ccccc2Cl)c(C)c1C(=O)Nc1ccc(C23CC4CC(CC(C4)C2)C3)cc1. The van der Waals surface area contributed by atoms with E-state index in [1.54, 1.807) is 0 Å². The maximum atomic E-state index is 13.2. The van der Waals surface area contributed by atoms with E-state index in [4.69, 9.17) is 11.6 Å². The largest absolute Gasteiger partial charge is 0.322 e. The van der Waals surface area contributed by atoms with Crippen LogP contribution in [0.2, 0.25) is 5.02 Å². The molecule has 0 aliphatic heterocycles. The van der Waals surface area contributed by atoms with Crippen molar-refractivity contribution in [3.8, 4) is 0 Å². The molecule has 2 aromatic carbocycles. The molecule has 3 aromatic rings. The Labute approximate surface area is 206 Å². The first-order chi connectivity index (χ1) is 16.4. The van der Waals surface area contributed by atoms with Gasteiger partial charge < -0.3 is 5.32 Å². The minimum Gasteiger partial charge on any atom is -0.322 e. The van der Waals surface area contributed by atoms with Gasteiger partial charge in [-0.1, -0.05) is 41.9 Å². The highest BCUT2D eigenvalue weighted by molar-refractivity contribution is 6.31. The highest BCUT2D eigenvalue weighted by atomic mass is 35.5. The Hall–Kier alpha value is -2.59. The predicted octanol–water partition coefficient (Wildman–Crippen LogP) is 6.92. The average molecular weight is 474 g/mol. The number of benzene rings is 2. The van der Waals surface area contributed by atoms with Crippen molar-refractivity contribution in [3.05, 3.63) is 81.6 Å². The Bertz CT molecular complexity index is 1210. The van der Waals surface area contributed by atoms with Gasteiger partial charge in [-0.15, -0.1) is 0 Å². The number of halogens is 1. The molecule has 0 spiro atoms. The summed E-state index contributed by atoms with van der Waals surface area (Å²) in [6, 6.07) is 16.5. The summed E-state index contributed by atoms with van der Waals surface area (Å²) < 4.78 is 1.86. The summed E-state index contributed by atoms with van der Waals surface area (Å²) in [7, 11) is 0. The van der Waals surface area contributed by atoms with Crippen LogP contribution in [0.25, 0.3) is 0 Å². The summed E-state index contributed by atoms with van der Waals surface area (Å²) in [5.74, 6) is 2.68. The van der Waals surface area contributed by atoms with Gasteiger partial charge in [0.2, 0.25) is 0 Å². The molecule has 1 aromatic heterocycles. The van der Waals surface area contributed by atoms with Crippen molar-refractivity contribution in [3.63, 3.8) is 0 Å². The molecule has 0 atom stereocenters. The van der Waals surface area contributed by atoms with E-state index in [0.29, 0.717) is 22.5 Å². The lowest BCUT2D eigenvalue weighted by molar-refractivity contribution is -0.00518. The summed E-state index contributed by atoms with van der Waals surface area (Å²) in [6.07, 6.45) is 8.43. The van der Waals surface area contributed by atoms with Crippen LogP contribution < -0.4 is 5.32 Å². The number of nitrogens with one attached hydrogen (secondary N) is 1. The second-order valence-electron chi connectivity index (χ2n) is 11.0. The summed E-state index contributed by atoms with van der Waals surface area (Å²) in [4.78, 5) is 13.2. The first-order valence-corrected chi connectivity index (χ1v) is 13.0. The Kier molecular flexibility index (Phi) is 5.33. The van der Waals surface area contributed by atoms with Crippen molar-refractivity contribution in [1.29, 1.82) is 0 Å². The smallest absolute Gasteiger partial charge is 0.259 e. The van der Waals surface area contributed by atoms with Crippen molar-refractivity contribution < 1.29 is 4.79 Å². The molecular formula is C29H32ClN3O. The Morgan fingerprint density at radius 2 is 1.62 bits per heavy atom. The van der Waals surface area contributed by atoms with Crippen molar-refractivity contribution in [1.82, 2.24) is 9.78 Å². The van der Waals surface area contributed by atoms with Crippen LogP contribution in [0.4, 0.5) is 5.69 Å². The Morgan fingerprint density at radius 3 is 2.24 bits per heavy atom. The van der Waals surface area contributed by atoms with Gasteiger partial charge in [0.25, 0.3) is 5.91 Å². The molecule has 1 heterocycles. The first-order valence-electron chi connectivity index (χ1n) is 12.6. The first kappa shape index (κ1) is 21.9. The van der Waals surface area contributed by atoms with Gasteiger partial charge in [-0.3, -0.25) is 9.48 Å². The fourth-order valence-electron chi connectivity index (χ4n) is 7.53. The fourth-order valence-corrected chi connectivity index (χ4v) is 7.73. The van der Waals surface area contributed by atoms with E-state index in [1.807, 2.05) is 42.8 Å². The predicted molar refractivity (Wildman–Crippen MR) is 137 cm³/mol. The quantitative estimate of drug-likeness (QED) is 0.437. The van der Waals surface area contributed by atoms with E-state index in [2.05, 4.69) is 34.7 Å². The molecule has 34 heavy (non-hydrogen) atoms. The molecule has 7 rings (SSSR count). The van der Waals surface area contributed by atoms with Crippen LogP contribution in [-0.2, 0) is 12.0 Å². The van der Waals surface area contributed by atoms with Gasteiger partial charge in [0.15, 0.2) is 0 Å². The van der Waals surface area contributed by atoms with E-state index in [0.717, 1.165) is 40.4 Å². The van der Waals surface area contributed by atoms with Gasteiger partial charge in [0.1, 0.15) is 0 Å². The van der Waals surface area contributed by atoms with E-state index in [-0.39, 0.29) is 5.91 Å². The number of hydrogen-bond donors (Lipinski definition) is 1. The summed E-state index contributed by atoms with van der Waals surface area (Å²) in [5.41, 5.74) is 5.90. The second-order valence-corrected chi connectivity index (χ2v) is 11.4. The zero-order valence-corrected chi connectivity index (χ0v) is 20.7. The molecule has 0 unspecified atom stereocenters. The number of amides is 1. The standard InChI is InChI=1S/C29H32ClN3O/c1-18-27(19(2)33(32-18)17-23-5-3-4-6-26(23)30)28(34)31-25-9-7-24(8-10-25)29-14-20-11-21(15-29)13-22(12-20)16-29/h3-10,20-22H,11-17H2,1-2H3,(H,31,34). The number of nitrogens with zero attached hydrogens (tertiary/aromatic N) is 2. The summed E-state index contributed by atoms with van der Waals surface area (Å²) in [6.45, 7) is 4.38. The van der Waals surface area contributed by atoms with Gasteiger partial charge in [-0.2, -0.15) is 5.10 Å². The molecule has 1 N–H and O–H groups in total. The third-order valence-corrected chi connectivity index (χ3v) is 9.05. The molecule has 176 valence electrons. The number of anilines is 1. The zero-order valence-electron chi connectivity index (χ0n) is 20.0. The highest BCUT2D eigenvalue weighted by Crippen LogP contribution is 2.60. The molecule has 0 radical (unpaired) electrons. The average Bonchev–Trinajstić information content (AvgIpc) is 3.07. The summed E-state index contributed by atoms with van der Waals surface area (Å²) in [5, 5.41) is 8.45. The molecule has 4 aliphatic carbocycles. The van der Waals surface area contributed by atoms with E-state index >= 15 is 0 Å². The van der Waals surface area contributed by atoms with Gasteiger partial charge in [0.05, 0.1) is 17.8 Å². The summed E-state index contributed by atoms with van der Waals surface area (Å²) >= 11 is 6.33. The third-order valence-electron chi connectivity index (χ3n) is 8.68. The van der Waals surface area contributed by atoms with E-state index in [1.165, 1.54) is 44.1 Å². The molecular weight excluding hydrogens is 442 g/mol. The number of hydrogen-bond acceptors (Lipinski definition) is 2. The number of aryl methyl sites for hydroxylation is 1. The van der Waals surface area contributed by atoms with E-state index in [9.17, 15) is 4.79 Å². The molecule has 4 bridgehead atoms. The maximum absolute atomic E-state index is 13.2. The van der Waals surface area contributed by atoms with Crippen LogP contribution >= 0.6 is 11.6 Å². The van der Waals surface area contributed by atoms with Crippen molar-refractivity contribution in [2.24, 2.45) is 17.8 Å². The lowest BCUT2D eigenvalue weighted by Crippen LogP contribution is -2.48. The lowest BCUT2D eigenvalue weighted by atomic mass is 9.48. The highest BCUT2D eigenvalue weighted by Gasteiger charge is 2.51. The topological polar surface area (TPSA) is 46.9 Å². The van der Waals surface area contributed by atoms with Gasteiger partial charge in [-0.05, 0) is 105 Å². The van der Waals surface area contributed by atoms with Crippen LogP contribution in [0.1, 0.15) is 71.4 Å². The van der Waals surface area contributed by atoms with Gasteiger partial charge in [-0.25, -0.2) is 0 Å². The molecule has 4 nitrogen and oxygen atoms in total. The van der Waals surface area contributed by atoms with Crippen molar-refractivity contribution in [2.45, 2.75) is 64.3 Å². The lowest BCUT2D eigenvalue weighted by Gasteiger charge is -2.57. The Morgan fingerprint density at radius 1 is 1.00 bits per heavy atom. The molecule has 0 saturated heterocycles. The molecule has 4 saturated carbocycles. The molecule has 4 aliphatic rings. The van der Waals surface area contributed by atoms with Crippen molar-refractivity contribution >= 4 is 23.2 Å². The number of aromatic nitrogens is 2. The van der Waals surface area contributed by atoms with Crippen LogP contribution in [0.15, 0.2) is 48.5 Å². The minimum absolute atomic E-state index is 0.108. The van der Waals surface area contributed by atoms with Crippen LogP contribution in [0.5, 0.6) is 0 Å². The van der Waals surface area contributed by atoms with Crippen LogP contribution in [0.3, 0.4) is 0 Å². The normalized spacial score (nSPS) is 27.2. The van der Waals surface area contributed by atoms with E-state index < -0.39 is 0 Å². The molecule has 4 fully saturated rings. The zero-order chi connectivity index (χ0) is 23.4. The minimum atomic E-state index is -0.108. The van der Waals surface area contributed by atoms with Gasteiger partial charge in [0, 0.05) is 16.4 Å². The monoisotopic (exact) mass is 473 g/mol. The molecule has 1 amide bonds. The van der Waals surface area contributed by atoms with Crippen LogP contribution in [0, 0.1) is 31.6 Å². The number of rotatable bonds is 5. The fraction of sp³-hybridized carbons (Fsp3) is 0.448. The second kappa shape index (κ2) is 8.27. The maximum Gasteiger partial charge on any atom is 0.259 e. The third kappa shape index (κ3) is 3.76. The Balaban J connectivity index is 1.19. The number of carbonyl (C=O) groups is 1.